The van der Waals surface area contributed by atoms with Crippen molar-refractivity contribution in [2.45, 2.75) is 33.4 Å². The summed E-state index contributed by atoms with van der Waals surface area (Å²) in [7, 11) is -2.24. The van der Waals surface area contributed by atoms with E-state index in [1.807, 2.05) is 32.0 Å². The van der Waals surface area contributed by atoms with Crippen LogP contribution in [0.5, 0.6) is 11.5 Å². The molecule has 0 aromatic heterocycles. The number of carbonyl (C=O) groups excluding carboxylic acids is 1. The number of nitrogens with zero attached hydrogens (tertiary/aromatic N) is 1. The highest BCUT2D eigenvalue weighted by Crippen LogP contribution is 2.30. The van der Waals surface area contributed by atoms with Gasteiger partial charge in [-0.25, -0.2) is 0 Å². The van der Waals surface area contributed by atoms with Gasteiger partial charge in [-0.3, -0.25) is 4.79 Å². The number of benzene rings is 2. The fourth-order valence-electron chi connectivity index (χ4n) is 2.51. The quantitative estimate of drug-likeness (QED) is 0.644. The highest BCUT2D eigenvalue weighted by atomic mass is 32.2. The zero-order valence-electron chi connectivity index (χ0n) is 16.0. The third kappa shape index (κ3) is 5.47. The Morgan fingerprint density at radius 3 is 2.30 bits per heavy atom. The standard InChI is InChI=1S/C20H25NO5S/c1-5-27(23,24)26-19-13-16(11-12-18(19)25-4)14-21(15(2)3)20(22)17-9-7-6-8-10-17/h6-13,15H,5,14H2,1-4H3. The third-order valence-electron chi connectivity index (χ3n) is 4.06. The highest BCUT2D eigenvalue weighted by Gasteiger charge is 2.20. The maximum atomic E-state index is 12.8. The fraction of sp³-hybridized carbons (Fsp3) is 0.350. The molecule has 0 saturated heterocycles. The van der Waals surface area contributed by atoms with E-state index < -0.39 is 10.1 Å². The van der Waals surface area contributed by atoms with Crippen molar-refractivity contribution in [3.05, 3.63) is 59.7 Å². The Morgan fingerprint density at radius 2 is 1.74 bits per heavy atom. The highest BCUT2D eigenvalue weighted by molar-refractivity contribution is 7.87. The van der Waals surface area contributed by atoms with Gasteiger partial charge in [-0.2, -0.15) is 8.42 Å². The van der Waals surface area contributed by atoms with Crippen LogP contribution in [0.4, 0.5) is 0 Å². The van der Waals surface area contributed by atoms with Gasteiger partial charge in [0.25, 0.3) is 5.91 Å². The molecule has 6 nitrogen and oxygen atoms in total. The molecule has 1 amide bonds. The minimum absolute atomic E-state index is 0.0384. The van der Waals surface area contributed by atoms with Gasteiger partial charge in [-0.15, -0.1) is 0 Å². The number of amides is 1. The predicted molar refractivity (Wildman–Crippen MR) is 105 cm³/mol. The van der Waals surface area contributed by atoms with E-state index in [1.54, 1.807) is 35.2 Å². The molecule has 0 heterocycles. The van der Waals surface area contributed by atoms with Gasteiger partial charge in [0.1, 0.15) is 0 Å². The second-order valence-corrected chi connectivity index (χ2v) is 8.17. The van der Waals surface area contributed by atoms with Crippen LogP contribution in [0.1, 0.15) is 36.7 Å². The molecule has 146 valence electrons. The molecule has 0 aliphatic heterocycles. The van der Waals surface area contributed by atoms with Gasteiger partial charge in [0.05, 0.1) is 12.9 Å². The van der Waals surface area contributed by atoms with Gasteiger partial charge in [0.15, 0.2) is 11.5 Å². The van der Waals surface area contributed by atoms with E-state index in [0.29, 0.717) is 17.9 Å². The molecule has 0 fully saturated rings. The van der Waals surface area contributed by atoms with Crippen molar-refractivity contribution in [3.8, 4) is 11.5 Å². The minimum Gasteiger partial charge on any atom is -0.493 e. The lowest BCUT2D eigenvalue weighted by atomic mass is 10.1. The van der Waals surface area contributed by atoms with Crippen LogP contribution in [-0.2, 0) is 16.7 Å². The van der Waals surface area contributed by atoms with Crippen molar-refractivity contribution < 1.29 is 22.1 Å². The maximum absolute atomic E-state index is 12.8. The van der Waals surface area contributed by atoms with E-state index >= 15 is 0 Å². The molecular formula is C20H25NO5S. The van der Waals surface area contributed by atoms with E-state index in [9.17, 15) is 13.2 Å². The van der Waals surface area contributed by atoms with Crippen molar-refractivity contribution in [2.24, 2.45) is 0 Å². The number of hydrogen-bond donors (Lipinski definition) is 0. The molecule has 0 aliphatic carbocycles. The van der Waals surface area contributed by atoms with Crippen LogP contribution in [0.2, 0.25) is 0 Å². The Bertz CT molecular complexity index is 879. The largest absolute Gasteiger partial charge is 0.493 e. The van der Waals surface area contributed by atoms with Gasteiger partial charge >= 0.3 is 10.1 Å². The van der Waals surface area contributed by atoms with E-state index in [0.717, 1.165) is 5.56 Å². The number of methoxy groups -OCH3 is 1. The van der Waals surface area contributed by atoms with Crippen LogP contribution in [0.3, 0.4) is 0 Å². The van der Waals surface area contributed by atoms with E-state index in [2.05, 4.69) is 0 Å². The molecule has 0 N–H and O–H groups in total. The van der Waals surface area contributed by atoms with E-state index in [-0.39, 0.29) is 23.5 Å². The lowest BCUT2D eigenvalue weighted by molar-refractivity contribution is 0.0690. The molecule has 0 unspecified atom stereocenters. The second kappa shape index (κ2) is 8.90. The Morgan fingerprint density at radius 1 is 1.07 bits per heavy atom. The summed E-state index contributed by atoms with van der Waals surface area (Å²) in [4.78, 5) is 14.6. The first-order valence-electron chi connectivity index (χ1n) is 8.72. The molecule has 0 radical (unpaired) electrons. The Kier molecular flexibility index (Phi) is 6.85. The fourth-order valence-corrected chi connectivity index (χ4v) is 3.03. The van der Waals surface area contributed by atoms with Crippen LogP contribution in [0, 0.1) is 0 Å². The summed E-state index contributed by atoms with van der Waals surface area (Å²) in [5, 5.41) is 0. The summed E-state index contributed by atoms with van der Waals surface area (Å²) in [6.07, 6.45) is 0. The van der Waals surface area contributed by atoms with Gasteiger partial charge in [0, 0.05) is 18.2 Å². The molecular weight excluding hydrogens is 366 g/mol. The van der Waals surface area contributed by atoms with E-state index in [4.69, 9.17) is 8.92 Å². The maximum Gasteiger partial charge on any atom is 0.309 e. The third-order valence-corrected chi connectivity index (χ3v) is 5.20. The number of ether oxygens (including phenoxy) is 1. The summed E-state index contributed by atoms with van der Waals surface area (Å²) >= 11 is 0. The molecule has 0 spiro atoms. The lowest BCUT2D eigenvalue weighted by Crippen LogP contribution is -2.36. The summed E-state index contributed by atoms with van der Waals surface area (Å²) < 4.78 is 34.0. The average molecular weight is 391 g/mol. The van der Waals surface area contributed by atoms with Crippen molar-refractivity contribution in [1.29, 1.82) is 0 Å². The number of carbonyl (C=O) groups is 1. The van der Waals surface area contributed by atoms with Gasteiger partial charge in [-0.05, 0) is 50.6 Å². The molecule has 2 aromatic carbocycles. The van der Waals surface area contributed by atoms with Crippen LogP contribution < -0.4 is 8.92 Å². The minimum atomic E-state index is -3.69. The van der Waals surface area contributed by atoms with E-state index in [1.165, 1.54) is 14.0 Å². The van der Waals surface area contributed by atoms with Crippen LogP contribution in [-0.4, -0.2) is 38.1 Å². The first kappa shape index (κ1) is 20.8. The zero-order valence-corrected chi connectivity index (χ0v) is 16.8. The predicted octanol–water partition coefficient (Wildman–Crippen LogP) is 3.47. The lowest BCUT2D eigenvalue weighted by Gasteiger charge is -2.27. The van der Waals surface area contributed by atoms with Crippen LogP contribution >= 0.6 is 0 Å². The summed E-state index contributed by atoms with van der Waals surface area (Å²) in [5.41, 5.74) is 1.35. The molecule has 0 aliphatic rings. The SMILES string of the molecule is CCS(=O)(=O)Oc1cc(CN(C(=O)c2ccccc2)C(C)C)ccc1OC. The first-order chi connectivity index (χ1) is 12.8. The molecule has 2 aromatic rings. The van der Waals surface area contributed by atoms with Gasteiger partial charge in [-0.1, -0.05) is 24.3 Å². The van der Waals surface area contributed by atoms with Gasteiger partial charge in [0.2, 0.25) is 0 Å². The molecule has 0 atom stereocenters. The van der Waals surface area contributed by atoms with Crippen molar-refractivity contribution in [1.82, 2.24) is 4.90 Å². The smallest absolute Gasteiger partial charge is 0.309 e. The molecule has 7 heteroatoms. The Balaban J connectivity index is 2.32. The topological polar surface area (TPSA) is 72.9 Å². The Labute approximate surface area is 160 Å². The summed E-state index contributed by atoms with van der Waals surface area (Å²) in [6.45, 7) is 5.69. The van der Waals surface area contributed by atoms with Crippen LogP contribution in [0.25, 0.3) is 0 Å². The molecule has 27 heavy (non-hydrogen) atoms. The van der Waals surface area contributed by atoms with Crippen molar-refractivity contribution >= 4 is 16.0 Å². The van der Waals surface area contributed by atoms with Gasteiger partial charge < -0.3 is 13.8 Å². The zero-order chi connectivity index (χ0) is 20.0. The average Bonchev–Trinajstić information content (AvgIpc) is 2.66. The molecule has 2 rings (SSSR count). The Hall–Kier alpha value is -2.54. The van der Waals surface area contributed by atoms with Crippen molar-refractivity contribution in [2.75, 3.05) is 12.9 Å². The summed E-state index contributed by atoms with van der Waals surface area (Å²) in [5.74, 6) is 0.199. The normalized spacial score (nSPS) is 11.3. The molecule has 0 saturated carbocycles. The van der Waals surface area contributed by atoms with Crippen LogP contribution in [0.15, 0.2) is 48.5 Å². The van der Waals surface area contributed by atoms with Crippen molar-refractivity contribution in [3.63, 3.8) is 0 Å². The first-order valence-corrected chi connectivity index (χ1v) is 10.3. The second-order valence-electron chi connectivity index (χ2n) is 6.31. The number of rotatable bonds is 8. The number of hydrogen-bond acceptors (Lipinski definition) is 5. The summed E-state index contributed by atoms with van der Waals surface area (Å²) in [6, 6.07) is 14.0. The monoisotopic (exact) mass is 391 g/mol. The molecule has 0 bridgehead atoms.